The Morgan fingerprint density at radius 1 is 1.00 bits per heavy atom. The van der Waals surface area contributed by atoms with E-state index in [-0.39, 0.29) is 11.8 Å². The molecule has 1 aliphatic rings. The Labute approximate surface area is 172 Å². The molecule has 0 saturated carbocycles. The van der Waals surface area contributed by atoms with E-state index < -0.39 is 5.41 Å². The number of likely N-dealkylation sites (tertiary alicyclic amines) is 1. The van der Waals surface area contributed by atoms with Gasteiger partial charge in [0, 0.05) is 39.3 Å². The van der Waals surface area contributed by atoms with Crippen molar-refractivity contribution in [3.05, 3.63) is 60.3 Å². The van der Waals surface area contributed by atoms with Crippen molar-refractivity contribution in [1.29, 1.82) is 0 Å². The highest BCUT2D eigenvalue weighted by Crippen LogP contribution is 2.36. The Morgan fingerprint density at radius 3 is 2.34 bits per heavy atom. The van der Waals surface area contributed by atoms with Crippen molar-refractivity contribution in [2.75, 3.05) is 31.5 Å². The Kier molecular flexibility index (Phi) is 7.22. The molecule has 154 valence electrons. The van der Waals surface area contributed by atoms with Crippen LogP contribution in [0.4, 0.5) is 5.82 Å². The molecule has 3 rings (SSSR count). The minimum atomic E-state index is -0.556. The molecule has 0 aliphatic carbocycles. The minimum Gasteiger partial charge on any atom is -0.370 e. The summed E-state index contributed by atoms with van der Waals surface area (Å²) >= 11 is 0. The predicted molar refractivity (Wildman–Crippen MR) is 115 cm³/mol. The van der Waals surface area contributed by atoms with E-state index in [4.69, 9.17) is 0 Å². The predicted octanol–water partition coefficient (Wildman–Crippen LogP) is 2.97. The highest BCUT2D eigenvalue weighted by molar-refractivity contribution is 5.88. The Balaban J connectivity index is 1.52. The number of unbranched alkanes of at least 4 members (excludes halogenated alkanes) is 1. The van der Waals surface area contributed by atoms with Crippen LogP contribution >= 0.6 is 0 Å². The number of hydrogen-bond acceptors (Lipinski definition) is 4. The molecule has 1 aromatic heterocycles. The van der Waals surface area contributed by atoms with Gasteiger partial charge in [0.2, 0.25) is 11.8 Å². The van der Waals surface area contributed by atoms with Crippen LogP contribution in [0.1, 0.15) is 38.2 Å². The zero-order chi connectivity index (χ0) is 20.5. The van der Waals surface area contributed by atoms with Crippen molar-refractivity contribution in [1.82, 2.24) is 15.2 Å². The van der Waals surface area contributed by atoms with Crippen LogP contribution in [0.2, 0.25) is 0 Å². The maximum Gasteiger partial charge on any atom is 0.230 e. The van der Waals surface area contributed by atoms with Crippen molar-refractivity contribution < 1.29 is 9.59 Å². The average molecular weight is 395 g/mol. The van der Waals surface area contributed by atoms with Crippen LogP contribution < -0.4 is 10.6 Å². The lowest BCUT2D eigenvalue weighted by Crippen LogP contribution is -2.52. The van der Waals surface area contributed by atoms with Gasteiger partial charge in [-0.3, -0.25) is 9.59 Å². The third-order valence-electron chi connectivity index (χ3n) is 5.68. The molecule has 1 saturated heterocycles. The number of aromatic nitrogens is 1. The standard InChI is InChI=1S/C23H30N4O2/c1-19(28)27-17-12-23(13-18-27,20-9-3-2-4-10-20)22(29)26-16-8-7-15-25-21-11-5-6-14-24-21/h2-6,9-11,14H,7-8,12-13,15-18H2,1H3,(H,24,25)(H,26,29). The summed E-state index contributed by atoms with van der Waals surface area (Å²) in [4.78, 5) is 31.0. The number of amides is 2. The van der Waals surface area contributed by atoms with Crippen LogP contribution in [0.15, 0.2) is 54.7 Å². The van der Waals surface area contributed by atoms with Crippen molar-refractivity contribution in [2.45, 2.75) is 38.0 Å². The number of benzene rings is 1. The van der Waals surface area contributed by atoms with Crippen molar-refractivity contribution in [2.24, 2.45) is 0 Å². The molecule has 0 bridgehead atoms. The zero-order valence-electron chi connectivity index (χ0n) is 17.1. The topological polar surface area (TPSA) is 74.3 Å². The van der Waals surface area contributed by atoms with E-state index >= 15 is 0 Å². The number of hydrogen-bond donors (Lipinski definition) is 2. The summed E-state index contributed by atoms with van der Waals surface area (Å²) in [6.07, 6.45) is 4.93. The number of rotatable bonds is 8. The second-order valence-corrected chi connectivity index (χ2v) is 7.56. The first-order chi connectivity index (χ1) is 14.1. The molecule has 0 radical (unpaired) electrons. The summed E-state index contributed by atoms with van der Waals surface area (Å²) in [6.45, 7) is 4.30. The van der Waals surface area contributed by atoms with E-state index in [9.17, 15) is 9.59 Å². The second kappa shape index (κ2) is 10.0. The lowest BCUT2D eigenvalue weighted by atomic mass is 9.72. The molecule has 1 aliphatic heterocycles. The SMILES string of the molecule is CC(=O)N1CCC(C(=O)NCCCCNc2ccccn2)(c2ccccc2)CC1. The van der Waals surface area contributed by atoms with E-state index in [2.05, 4.69) is 15.6 Å². The number of carbonyl (C=O) groups is 2. The Bertz CT molecular complexity index is 787. The van der Waals surface area contributed by atoms with E-state index in [0.717, 1.165) is 30.8 Å². The molecule has 1 fully saturated rings. The maximum absolute atomic E-state index is 13.2. The molecular formula is C23H30N4O2. The first-order valence-electron chi connectivity index (χ1n) is 10.4. The molecule has 1 aromatic carbocycles. The van der Waals surface area contributed by atoms with Crippen LogP contribution in [0.25, 0.3) is 0 Å². The first kappa shape index (κ1) is 20.8. The molecule has 29 heavy (non-hydrogen) atoms. The van der Waals surface area contributed by atoms with Gasteiger partial charge < -0.3 is 15.5 Å². The summed E-state index contributed by atoms with van der Waals surface area (Å²) in [6, 6.07) is 15.8. The van der Waals surface area contributed by atoms with Crippen molar-refractivity contribution >= 4 is 17.6 Å². The molecule has 6 nitrogen and oxygen atoms in total. The molecule has 0 spiro atoms. The van der Waals surface area contributed by atoms with Crippen LogP contribution in [-0.4, -0.2) is 47.9 Å². The fraction of sp³-hybridized carbons (Fsp3) is 0.435. The molecular weight excluding hydrogens is 364 g/mol. The highest BCUT2D eigenvalue weighted by Gasteiger charge is 2.43. The molecule has 0 unspecified atom stereocenters. The largest absolute Gasteiger partial charge is 0.370 e. The summed E-state index contributed by atoms with van der Waals surface area (Å²) in [5.74, 6) is 1.02. The van der Waals surface area contributed by atoms with Gasteiger partial charge in [-0.15, -0.1) is 0 Å². The second-order valence-electron chi connectivity index (χ2n) is 7.56. The van der Waals surface area contributed by atoms with Crippen molar-refractivity contribution in [3.8, 4) is 0 Å². The van der Waals surface area contributed by atoms with Crippen molar-refractivity contribution in [3.63, 3.8) is 0 Å². The summed E-state index contributed by atoms with van der Waals surface area (Å²) in [5.41, 5.74) is 0.483. The van der Waals surface area contributed by atoms with E-state index in [1.165, 1.54) is 0 Å². The number of anilines is 1. The van der Waals surface area contributed by atoms with Gasteiger partial charge in [-0.05, 0) is 43.4 Å². The van der Waals surface area contributed by atoms with Gasteiger partial charge in [-0.25, -0.2) is 4.98 Å². The summed E-state index contributed by atoms with van der Waals surface area (Å²) in [7, 11) is 0. The van der Waals surface area contributed by atoms with E-state index in [1.54, 1.807) is 13.1 Å². The maximum atomic E-state index is 13.2. The number of carbonyl (C=O) groups excluding carboxylic acids is 2. The zero-order valence-corrected chi connectivity index (χ0v) is 17.1. The first-order valence-corrected chi connectivity index (χ1v) is 10.4. The normalized spacial score (nSPS) is 15.6. The number of nitrogens with zero attached hydrogens (tertiary/aromatic N) is 2. The molecule has 2 heterocycles. The monoisotopic (exact) mass is 394 g/mol. The fourth-order valence-electron chi connectivity index (χ4n) is 3.91. The Hall–Kier alpha value is -2.89. The summed E-state index contributed by atoms with van der Waals surface area (Å²) < 4.78 is 0. The van der Waals surface area contributed by atoms with Gasteiger partial charge in [-0.1, -0.05) is 36.4 Å². The number of pyridine rings is 1. The molecule has 2 amide bonds. The van der Waals surface area contributed by atoms with Crippen LogP contribution in [0, 0.1) is 0 Å². The van der Waals surface area contributed by atoms with E-state index in [0.29, 0.717) is 32.5 Å². The van der Waals surface area contributed by atoms with Gasteiger partial charge in [0.1, 0.15) is 5.82 Å². The van der Waals surface area contributed by atoms with Gasteiger partial charge in [-0.2, -0.15) is 0 Å². The van der Waals surface area contributed by atoms with Gasteiger partial charge in [0.05, 0.1) is 5.41 Å². The number of nitrogens with one attached hydrogen (secondary N) is 2. The van der Waals surface area contributed by atoms with Crippen LogP contribution in [0.3, 0.4) is 0 Å². The lowest BCUT2D eigenvalue weighted by molar-refractivity contribution is -0.135. The summed E-state index contributed by atoms with van der Waals surface area (Å²) in [5, 5.41) is 6.43. The number of piperidine rings is 1. The molecule has 0 atom stereocenters. The third kappa shape index (κ3) is 5.34. The molecule has 2 aromatic rings. The van der Waals surface area contributed by atoms with Gasteiger partial charge in [0.15, 0.2) is 0 Å². The van der Waals surface area contributed by atoms with E-state index in [1.807, 2.05) is 53.4 Å². The smallest absolute Gasteiger partial charge is 0.230 e. The highest BCUT2D eigenvalue weighted by atomic mass is 16.2. The van der Waals surface area contributed by atoms with Gasteiger partial charge in [0.25, 0.3) is 0 Å². The third-order valence-corrected chi connectivity index (χ3v) is 5.68. The van der Waals surface area contributed by atoms with Crippen LogP contribution in [-0.2, 0) is 15.0 Å². The minimum absolute atomic E-state index is 0.0737. The molecule has 2 N–H and O–H groups in total. The average Bonchev–Trinajstić information content (AvgIpc) is 2.77. The fourth-order valence-corrected chi connectivity index (χ4v) is 3.91. The van der Waals surface area contributed by atoms with Gasteiger partial charge >= 0.3 is 0 Å². The Morgan fingerprint density at radius 2 is 1.69 bits per heavy atom. The van der Waals surface area contributed by atoms with Crippen LogP contribution in [0.5, 0.6) is 0 Å². The molecule has 6 heteroatoms. The quantitative estimate of drug-likeness (QED) is 0.675. The lowest BCUT2D eigenvalue weighted by Gasteiger charge is -2.40.